The van der Waals surface area contributed by atoms with Crippen LogP contribution in [0, 0.1) is 23.7 Å². The number of nitrogens with zero attached hydrogens (tertiary/aromatic N) is 3. The molecular weight excluding hydrogens is 623 g/mol. The summed E-state index contributed by atoms with van der Waals surface area (Å²) in [6.45, 7) is 0. The maximum Gasteiger partial charge on any atom is 0.167 e. The fraction of sp³-hybridized carbons (Fsp3) is 0.213. The molecule has 6 aromatic carbocycles. The molecule has 0 atom stereocenters. The Kier molecular flexibility index (Phi) is 5.64. The maximum absolute atomic E-state index is 7.00. The first-order valence-electron chi connectivity index (χ1n) is 18.6. The van der Waals surface area contributed by atoms with Crippen LogP contribution in [-0.2, 0) is 5.41 Å². The SMILES string of the molecule is c1ccc(-c2nc(-c3ccc4ccccc4c3)nc(-c3cc4c(c5c3oc3ccccc35)C3(c5ccccc5-4)C4CC5CC(C4)CC3C5)n2)cc1. The Bertz CT molecular complexity index is 2700. The Labute approximate surface area is 296 Å². The first-order chi connectivity index (χ1) is 25.2. The van der Waals surface area contributed by atoms with Crippen molar-refractivity contribution < 1.29 is 4.42 Å². The van der Waals surface area contributed by atoms with Gasteiger partial charge in [-0.1, -0.05) is 109 Å². The number of hydrogen-bond donors (Lipinski definition) is 0. The summed E-state index contributed by atoms with van der Waals surface area (Å²) in [4.78, 5) is 15.7. The zero-order chi connectivity index (χ0) is 33.3. The molecular formula is C47H35N3O. The monoisotopic (exact) mass is 657 g/mol. The number of fused-ring (bicyclic) bond motifs is 8. The molecule has 8 aromatic rings. The number of para-hydroxylation sites is 1. The summed E-state index contributed by atoms with van der Waals surface area (Å²) in [5.74, 6) is 5.02. The Balaban J connectivity index is 1.17. The fourth-order valence-electron chi connectivity index (χ4n) is 11.4. The van der Waals surface area contributed by atoms with Gasteiger partial charge in [-0.05, 0) is 107 Å². The molecule has 5 aliphatic rings. The van der Waals surface area contributed by atoms with Gasteiger partial charge in [-0.3, -0.25) is 0 Å². The van der Waals surface area contributed by atoms with E-state index in [-0.39, 0.29) is 5.41 Å². The van der Waals surface area contributed by atoms with Crippen LogP contribution in [0.2, 0.25) is 0 Å². The largest absolute Gasteiger partial charge is 0.455 e. The van der Waals surface area contributed by atoms with E-state index >= 15 is 0 Å². The van der Waals surface area contributed by atoms with E-state index in [0.29, 0.717) is 29.3 Å². The molecule has 0 saturated heterocycles. The second-order valence-electron chi connectivity index (χ2n) is 15.6. The van der Waals surface area contributed by atoms with Crippen molar-refractivity contribution in [2.45, 2.75) is 37.5 Å². The van der Waals surface area contributed by atoms with Gasteiger partial charge >= 0.3 is 0 Å². The van der Waals surface area contributed by atoms with Crippen molar-refractivity contribution in [3.8, 4) is 45.3 Å². The van der Waals surface area contributed by atoms with Gasteiger partial charge in [0, 0.05) is 27.3 Å². The molecule has 0 unspecified atom stereocenters. The van der Waals surface area contributed by atoms with Crippen molar-refractivity contribution in [1.29, 1.82) is 0 Å². The van der Waals surface area contributed by atoms with Gasteiger partial charge in [-0.15, -0.1) is 0 Å². The van der Waals surface area contributed by atoms with Crippen LogP contribution < -0.4 is 0 Å². The van der Waals surface area contributed by atoms with Crippen LogP contribution in [-0.4, -0.2) is 15.0 Å². The summed E-state index contributed by atoms with van der Waals surface area (Å²) < 4.78 is 7.00. The maximum atomic E-state index is 7.00. The second kappa shape index (κ2) is 10.2. The van der Waals surface area contributed by atoms with Crippen molar-refractivity contribution in [3.05, 3.63) is 139 Å². The Hall–Kier alpha value is -5.61. The van der Waals surface area contributed by atoms with Crippen LogP contribution in [0.3, 0.4) is 0 Å². The highest BCUT2D eigenvalue weighted by Crippen LogP contribution is 2.70. The van der Waals surface area contributed by atoms with E-state index in [1.807, 2.05) is 18.2 Å². The van der Waals surface area contributed by atoms with Gasteiger partial charge in [0.2, 0.25) is 0 Å². The first kappa shape index (κ1) is 28.1. The predicted molar refractivity (Wildman–Crippen MR) is 204 cm³/mol. The highest BCUT2D eigenvalue weighted by molar-refractivity contribution is 6.15. The van der Waals surface area contributed by atoms with Gasteiger partial charge in [0.15, 0.2) is 17.5 Å². The molecule has 4 saturated carbocycles. The Morgan fingerprint density at radius 1 is 0.510 bits per heavy atom. The zero-order valence-corrected chi connectivity index (χ0v) is 28.2. The standard InChI is InChI=1S/C47H35N3O/c1-2-11-30(12-3-1)44-48-45(32-19-18-29-10-4-5-13-31(29)25-32)50-46(49-44)38-26-37-35-14-6-8-16-39(35)47(33-21-27-20-28(23-33)24-34(47)22-27)42(37)41-36-15-7-9-17-40(36)51-43(38)41/h1-19,25-28,33-34H,20-24H2. The van der Waals surface area contributed by atoms with E-state index in [0.717, 1.165) is 45.1 Å². The van der Waals surface area contributed by atoms with E-state index < -0.39 is 0 Å². The van der Waals surface area contributed by atoms with Gasteiger partial charge in [-0.2, -0.15) is 0 Å². The molecule has 4 heteroatoms. The zero-order valence-electron chi connectivity index (χ0n) is 28.2. The molecule has 0 amide bonds. The van der Waals surface area contributed by atoms with Crippen molar-refractivity contribution in [2.75, 3.05) is 0 Å². The molecule has 0 N–H and O–H groups in total. The lowest BCUT2D eigenvalue weighted by Gasteiger charge is -2.61. The van der Waals surface area contributed by atoms with Gasteiger partial charge < -0.3 is 4.42 Å². The van der Waals surface area contributed by atoms with Crippen molar-refractivity contribution >= 4 is 32.7 Å². The van der Waals surface area contributed by atoms with Crippen LogP contribution in [0.25, 0.3) is 78.0 Å². The number of hydrogen-bond acceptors (Lipinski definition) is 4. The molecule has 2 heterocycles. The lowest BCUT2D eigenvalue weighted by Crippen LogP contribution is -2.55. The molecule has 244 valence electrons. The summed E-state index contributed by atoms with van der Waals surface area (Å²) in [6, 6.07) is 45.6. The third kappa shape index (κ3) is 3.83. The molecule has 0 radical (unpaired) electrons. The molecule has 4 fully saturated rings. The molecule has 13 rings (SSSR count). The van der Waals surface area contributed by atoms with Gasteiger partial charge in [-0.25, -0.2) is 15.0 Å². The minimum atomic E-state index is 0.00727. The summed E-state index contributed by atoms with van der Waals surface area (Å²) in [6.07, 6.45) is 6.78. The first-order valence-corrected chi connectivity index (χ1v) is 18.6. The molecule has 2 aromatic heterocycles. The van der Waals surface area contributed by atoms with Crippen LogP contribution in [0.1, 0.15) is 43.2 Å². The van der Waals surface area contributed by atoms with Gasteiger partial charge in [0.05, 0.1) is 5.56 Å². The van der Waals surface area contributed by atoms with Gasteiger partial charge in [0.25, 0.3) is 0 Å². The number of rotatable bonds is 3. The third-order valence-corrected chi connectivity index (χ3v) is 13.1. The number of furan rings is 1. The summed E-state index contributed by atoms with van der Waals surface area (Å²) >= 11 is 0. The molecule has 51 heavy (non-hydrogen) atoms. The van der Waals surface area contributed by atoms with E-state index in [1.54, 1.807) is 0 Å². The van der Waals surface area contributed by atoms with Crippen LogP contribution >= 0.6 is 0 Å². The predicted octanol–water partition coefficient (Wildman–Crippen LogP) is 11.6. The summed E-state index contributed by atoms with van der Waals surface area (Å²) in [7, 11) is 0. The fourth-order valence-corrected chi connectivity index (χ4v) is 11.4. The average Bonchev–Trinajstić information content (AvgIpc) is 3.70. The van der Waals surface area contributed by atoms with E-state index in [9.17, 15) is 0 Å². The topological polar surface area (TPSA) is 51.8 Å². The van der Waals surface area contributed by atoms with E-state index in [2.05, 4.69) is 109 Å². The number of benzene rings is 6. The summed E-state index contributed by atoms with van der Waals surface area (Å²) in [5.41, 5.74) is 10.4. The van der Waals surface area contributed by atoms with E-state index in [4.69, 9.17) is 19.4 Å². The molecule has 0 aliphatic heterocycles. The minimum Gasteiger partial charge on any atom is -0.455 e. The lowest BCUT2D eigenvalue weighted by atomic mass is 9.43. The molecule has 4 nitrogen and oxygen atoms in total. The van der Waals surface area contributed by atoms with Crippen molar-refractivity contribution in [1.82, 2.24) is 15.0 Å². The normalized spacial score (nSPS) is 24.2. The Morgan fingerprint density at radius 3 is 2.00 bits per heavy atom. The third-order valence-electron chi connectivity index (χ3n) is 13.1. The van der Waals surface area contributed by atoms with E-state index in [1.165, 1.54) is 70.5 Å². The second-order valence-corrected chi connectivity index (χ2v) is 15.6. The minimum absolute atomic E-state index is 0.00727. The highest BCUT2D eigenvalue weighted by atomic mass is 16.3. The highest BCUT2D eigenvalue weighted by Gasteiger charge is 2.62. The molecule has 4 bridgehead atoms. The quantitative estimate of drug-likeness (QED) is 0.190. The smallest absolute Gasteiger partial charge is 0.167 e. The Morgan fingerprint density at radius 2 is 1.18 bits per heavy atom. The molecule has 5 aliphatic carbocycles. The van der Waals surface area contributed by atoms with Crippen molar-refractivity contribution in [2.24, 2.45) is 23.7 Å². The number of aromatic nitrogens is 3. The van der Waals surface area contributed by atoms with Crippen LogP contribution in [0.5, 0.6) is 0 Å². The van der Waals surface area contributed by atoms with Crippen LogP contribution in [0.4, 0.5) is 0 Å². The molecule has 1 spiro atoms. The van der Waals surface area contributed by atoms with Crippen LogP contribution in [0.15, 0.2) is 132 Å². The lowest BCUT2D eigenvalue weighted by molar-refractivity contribution is -0.0393. The van der Waals surface area contributed by atoms with Crippen molar-refractivity contribution in [3.63, 3.8) is 0 Å². The average molecular weight is 658 g/mol. The van der Waals surface area contributed by atoms with Gasteiger partial charge in [0.1, 0.15) is 11.2 Å². The summed E-state index contributed by atoms with van der Waals surface area (Å²) in [5, 5.41) is 4.81.